The van der Waals surface area contributed by atoms with Gasteiger partial charge in [0.2, 0.25) is 5.89 Å². The van der Waals surface area contributed by atoms with Crippen LogP contribution in [0.15, 0.2) is 33.5 Å². The van der Waals surface area contributed by atoms with Gasteiger partial charge in [-0.2, -0.15) is 0 Å². The molecule has 0 bridgehead atoms. The van der Waals surface area contributed by atoms with Crippen molar-refractivity contribution in [2.75, 3.05) is 6.54 Å². The van der Waals surface area contributed by atoms with Crippen LogP contribution in [0.5, 0.6) is 0 Å². The summed E-state index contributed by atoms with van der Waals surface area (Å²) in [6, 6.07) is 4.51. The number of nitrogens with zero attached hydrogens (tertiary/aromatic N) is 3. The normalized spacial score (nSPS) is 19.3. The predicted octanol–water partition coefficient (Wildman–Crippen LogP) is 4.90. The molecule has 0 aromatic carbocycles. The van der Waals surface area contributed by atoms with Crippen LogP contribution in [0.2, 0.25) is 0 Å². The van der Waals surface area contributed by atoms with E-state index in [1.54, 1.807) is 22.7 Å². The highest BCUT2D eigenvalue weighted by Crippen LogP contribution is 2.34. The molecule has 3 aromatic heterocycles. The highest BCUT2D eigenvalue weighted by Gasteiger charge is 2.27. The molecule has 4 nitrogen and oxygen atoms in total. The minimum atomic E-state index is 0.421. The lowest BCUT2D eigenvalue weighted by Crippen LogP contribution is -2.33. The van der Waals surface area contributed by atoms with Crippen LogP contribution in [0.25, 0.3) is 10.8 Å². The Bertz CT molecular complexity index is 749. The van der Waals surface area contributed by atoms with Gasteiger partial charge in [-0.1, -0.05) is 12.5 Å². The lowest BCUT2D eigenvalue weighted by Gasteiger charge is -2.33. The van der Waals surface area contributed by atoms with E-state index in [-0.39, 0.29) is 0 Å². The average molecular weight is 345 g/mol. The maximum atomic E-state index is 5.89. The van der Waals surface area contributed by atoms with Gasteiger partial charge in [-0.25, -0.2) is 9.97 Å². The molecule has 0 saturated carbocycles. The standard InChI is InChI=1S/C17H19N3OS2/c1-12-13(19-16(21-12)15-6-4-9-22-15)11-20-8-3-2-5-14(20)17-18-7-10-23-17/h4,6-7,9-10,14H,2-3,5,8,11H2,1H3. The molecule has 0 spiro atoms. The molecule has 1 aliphatic heterocycles. The van der Waals surface area contributed by atoms with Gasteiger partial charge in [-0.05, 0) is 37.8 Å². The molecule has 1 fully saturated rings. The maximum absolute atomic E-state index is 5.89. The fourth-order valence-corrected chi connectivity index (χ4v) is 4.59. The smallest absolute Gasteiger partial charge is 0.236 e. The number of rotatable bonds is 4. The zero-order chi connectivity index (χ0) is 15.6. The summed E-state index contributed by atoms with van der Waals surface area (Å²) in [7, 11) is 0. The number of aryl methyl sites for hydroxylation is 1. The molecule has 1 saturated heterocycles. The van der Waals surface area contributed by atoms with E-state index in [0.29, 0.717) is 6.04 Å². The molecule has 4 heterocycles. The molecule has 1 atom stereocenters. The molecule has 1 unspecified atom stereocenters. The number of thiophene rings is 1. The van der Waals surface area contributed by atoms with Crippen LogP contribution < -0.4 is 0 Å². The van der Waals surface area contributed by atoms with Crippen molar-refractivity contribution in [3.05, 3.63) is 45.6 Å². The molecular formula is C17H19N3OS2. The quantitative estimate of drug-likeness (QED) is 0.675. The van der Waals surface area contributed by atoms with E-state index in [4.69, 9.17) is 9.40 Å². The molecule has 6 heteroatoms. The van der Waals surface area contributed by atoms with E-state index < -0.39 is 0 Å². The molecule has 120 valence electrons. The van der Waals surface area contributed by atoms with E-state index in [0.717, 1.165) is 35.3 Å². The van der Waals surface area contributed by atoms with Crippen molar-refractivity contribution in [1.82, 2.24) is 14.9 Å². The summed E-state index contributed by atoms with van der Waals surface area (Å²) in [6.45, 7) is 3.96. The Morgan fingerprint density at radius 3 is 3.04 bits per heavy atom. The predicted molar refractivity (Wildman–Crippen MR) is 93.7 cm³/mol. The first-order valence-corrected chi connectivity index (χ1v) is 9.71. The summed E-state index contributed by atoms with van der Waals surface area (Å²) in [4.78, 5) is 12.9. The van der Waals surface area contributed by atoms with Crippen molar-refractivity contribution in [2.45, 2.75) is 38.8 Å². The monoisotopic (exact) mass is 345 g/mol. The summed E-state index contributed by atoms with van der Waals surface area (Å²) >= 11 is 3.42. The Hall–Kier alpha value is -1.50. The zero-order valence-electron chi connectivity index (χ0n) is 13.1. The van der Waals surface area contributed by atoms with E-state index >= 15 is 0 Å². The topological polar surface area (TPSA) is 42.2 Å². The fourth-order valence-electron chi connectivity index (χ4n) is 3.13. The molecule has 0 aliphatic carbocycles. The van der Waals surface area contributed by atoms with Crippen molar-refractivity contribution in [3.8, 4) is 10.8 Å². The average Bonchev–Trinajstić information content (AvgIpc) is 3.30. The Kier molecular flexibility index (Phi) is 4.29. The number of hydrogen-bond donors (Lipinski definition) is 0. The number of piperidine rings is 1. The summed E-state index contributed by atoms with van der Waals surface area (Å²) in [6.07, 6.45) is 5.61. The van der Waals surface area contributed by atoms with Gasteiger partial charge in [0.25, 0.3) is 0 Å². The SMILES string of the molecule is Cc1oc(-c2cccs2)nc1CN1CCCCC1c1nccs1. The highest BCUT2D eigenvalue weighted by atomic mass is 32.1. The van der Waals surface area contributed by atoms with Crippen LogP contribution in [-0.4, -0.2) is 21.4 Å². The molecule has 0 N–H and O–H groups in total. The molecule has 3 aromatic rings. The van der Waals surface area contributed by atoms with Crippen LogP contribution in [0.4, 0.5) is 0 Å². The van der Waals surface area contributed by atoms with E-state index in [9.17, 15) is 0 Å². The lowest BCUT2D eigenvalue weighted by atomic mass is 10.0. The second-order valence-electron chi connectivity index (χ2n) is 5.85. The van der Waals surface area contributed by atoms with Crippen LogP contribution in [0, 0.1) is 6.92 Å². The first kappa shape index (κ1) is 15.1. The Balaban J connectivity index is 1.57. The van der Waals surface area contributed by atoms with Crippen molar-refractivity contribution in [3.63, 3.8) is 0 Å². The Morgan fingerprint density at radius 2 is 2.26 bits per heavy atom. The number of hydrogen-bond acceptors (Lipinski definition) is 6. The van der Waals surface area contributed by atoms with Crippen molar-refractivity contribution in [2.24, 2.45) is 0 Å². The third-order valence-corrected chi connectivity index (χ3v) is 6.06. The van der Waals surface area contributed by atoms with Gasteiger partial charge in [-0.3, -0.25) is 4.90 Å². The molecule has 0 amide bonds. The summed E-state index contributed by atoms with van der Waals surface area (Å²) in [5, 5.41) is 5.35. The van der Waals surface area contributed by atoms with Gasteiger partial charge in [0.05, 0.1) is 16.6 Å². The largest absolute Gasteiger partial charge is 0.440 e. The number of thiazole rings is 1. The van der Waals surface area contributed by atoms with Crippen LogP contribution in [0.3, 0.4) is 0 Å². The molecule has 23 heavy (non-hydrogen) atoms. The molecule has 4 rings (SSSR count). The summed E-state index contributed by atoms with van der Waals surface area (Å²) in [5.41, 5.74) is 1.05. The first-order valence-electron chi connectivity index (χ1n) is 7.95. The molecule has 1 aliphatic rings. The van der Waals surface area contributed by atoms with Crippen LogP contribution in [0.1, 0.15) is 41.8 Å². The highest BCUT2D eigenvalue weighted by molar-refractivity contribution is 7.13. The van der Waals surface area contributed by atoms with Crippen molar-refractivity contribution in [1.29, 1.82) is 0 Å². The van der Waals surface area contributed by atoms with Gasteiger partial charge in [0.1, 0.15) is 10.8 Å². The minimum Gasteiger partial charge on any atom is -0.440 e. The lowest BCUT2D eigenvalue weighted by molar-refractivity contribution is 0.138. The second kappa shape index (κ2) is 6.55. The van der Waals surface area contributed by atoms with Crippen LogP contribution in [-0.2, 0) is 6.54 Å². The van der Waals surface area contributed by atoms with E-state index in [2.05, 4.69) is 26.7 Å². The van der Waals surface area contributed by atoms with Crippen LogP contribution >= 0.6 is 22.7 Å². The second-order valence-corrected chi connectivity index (χ2v) is 7.73. The third-order valence-electron chi connectivity index (χ3n) is 4.33. The third kappa shape index (κ3) is 3.11. The van der Waals surface area contributed by atoms with Gasteiger partial charge in [-0.15, -0.1) is 22.7 Å². The van der Waals surface area contributed by atoms with Gasteiger partial charge in [0, 0.05) is 18.1 Å². The van der Waals surface area contributed by atoms with Gasteiger partial charge >= 0.3 is 0 Å². The number of aromatic nitrogens is 2. The maximum Gasteiger partial charge on any atom is 0.236 e. The Morgan fingerprint density at radius 1 is 1.30 bits per heavy atom. The number of likely N-dealkylation sites (tertiary alicyclic amines) is 1. The minimum absolute atomic E-state index is 0.421. The summed E-state index contributed by atoms with van der Waals surface area (Å²) < 4.78 is 5.89. The Labute approximate surface area is 143 Å². The zero-order valence-corrected chi connectivity index (χ0v) is 14.7. The van der Waals surface area contributed by atoms with E-state index in [1.165, 1.54) is 24.3 Å². The van der Waals surface area contributed by atoms with Gasteiger partial charge in [0.15, 0.2) is 0 Å². The van der Waals surface area contributed by atoms with E-state index in [1.807, 2.05) is 19.2 Å². The number of oxazole rings is 1. The molecule has 0 radical (unpaired) electrons. The van der Waals surface area contributed by atoms with Crippen molar-refractivity contribution < 1.29 is 4.42 Å². The van der Waals surface area contributed by atoms with Gasteiger partial charge < -0.3 is 4.42 Å². The first-order chi connectivity index (χ1) is 11.3. The molecular weight excluding hydrogens is 326 g/mol. The summed E-state index contributed by atoms with van der Waals surface area (Å²) in [5.74, 6) is 1.67. The fraction of sp³-hybridized carbons (Fsp3) is 0.412. The van der Waals surface area contributed by atoms with Crippen molar-refractivity contribution >= 4 is 22.7 Å².